The maximum Gasteiger partial charge on any atom is 0.256 e. The second kappa shape index (κ2) is 8.69. The third-order valence-electron chi connectivity index (χ3n) is 6.36. The van der Waals surface area contributed by atoms with Gasteiger partial charge in [0.15, 0.2) is 0 Å². The molecule has 0 radical (unpaired) electrons. The van der Waals surface area contributed by atoms with Gasteiger partial charge in [-0.3, -0.25) is 13.9 Å². The number of carbonyl (C=O) groups excluding carboxylic acids is 1. The number of ether oxygens (including phenoxy) is 1. The van der Waals surface area contributed by atoms with Crippen molar-refractivity contribution in [3.05, 3.63) is 58.6 Å². The van der Waals surface area contributed by atoms with Gasteiger partial charge in [0.2, 0.25) is 0 Å². The molecule has 30 heavy (non-hydrogen) atoms. The summed E-state index contributed by atoms with van der Waals surface area (Å²) in [5.41, 5.74) is 1.25. The molecule has 0 aromatic heterocycles. The monoisotopic (exact) mass is 446 g/mol. The SMILES string of the molecule is COc1cc(Cl)c(S(C)=O)cc1C(=O)NC12CCCC(CC1)N2Cc1ccccc1. The van der Waals surface area contributed by atoms with E-state index < -0.39 is 10.8 Å². The molecule has 2 aliphatic rings. The van der Waals surface area contributed by atoms with Crippen LogP contribution in [-0.2, 0) is 17.3 Å². The van der Waals surface area contributed by atoms with Gasteiger partial charge in [-0.1, -0.05) is 41.9 Å². The van der Waals surface area contributed by atoms with Gasteiger partial charge in [-0.2, -0.15) is 0 Å². The molecule has 5 nitrogen and oxygen atoms in total. The van der Waals surface area contributed by atoms with E-state index in [4.69, 9.17) is 16.3 Å². The highest BCUT2D eigenvalue weighted by atomic mass is 35.5. The zero-order valence-corrected chi connectivity index (χ0v) is 18.9. The molecule has 3 atom stereocenters. The van der Waals surface area contributed by atoms with Crippen LogP contribution in [0.15, 0.2) is 47.4 Å². The average Bonchev–Trinajstić information content (AvgIpc) is 2.91. The van der Waals surface area contributed by atoms with Crippen LogP contribution in [0.5, 0.6) is 5.75 Å². The van der Waals surface area contributed by atoms with Gasteiger partial charge in [-0.05, 0) is 43.7 Å². The fourth-order valence-corrected chi connectivity index (χ4v) is 5.99. The van der Waals surface area contributed by atoms with Gasteiger partial charge < -0.3 is 10.1 Å². The van der Waals surface area contributed by atoms with Gasteiger partial charge in [0.1, 0.15) is 5.75 Å². The largest absolute Gasteiger partial charge is 0.496 e. The molecule has 4 rings (SSSR count). The quantitative estimate of drug-likeness (QED) is 0.716. The first-order chi connectivity index (χ1) is 14.4. The summed E-state index contributed by atoms with van der Waals surface area (Å²) < 4.78 is 17.5. The maximum atomic E-state index is 13.4. The molecule has 7 heteroatoms. The third kappa shape index (κ3) is 4.01. The lowest BCUT2D eigenvalue weighted by Crippen LogP contribution is -2.60. The van der Waals surface area contributed by atoms with Gasteiger partial charge in [-0.25, -0.2) is 0 Å². The second-order valence-corrected chi connectivity index (χ2v) is 9.88. The van der Waals surface area contributed by atoms with E-state index in [9.17, 15) is 9.00 Å². The van der Waals surface area contributed by atoms with E-state index in [1.807, 2.05) is 6.07 Å². The minimum atomic E-state index is -1.30. The van der Waals surface area contributed by atoms with Gasteiger partial charge in [0, 0.05) is 24.9 Å². The van der Waals surface area contributed by atoms with Crippen LogP contribution in [0.1, 0.15) is 48.0 Å². The molecule has 2 aromatic carbocycles. The molecule has 2 aliphatic heterocycles. The fraction of sp³-hybridized carbons (Fsp3) is 0.435. The molecule has 0 saturated carbocycles. The predicted molar refractivity (Wildman–Crippen MR) is 119 cm³/mol. The van der Waals surface area contributed by atoms with Gasteiger partial charge in [0.25, 0.3) is 5.91 Å². The molecule has 3 unspecified atom stereocenters. The van der Waals surface area contributed by atoms with Crippen LogP contribution in [0.2, 0.25) is 5.02 Å². The van der Waals surface area contributed by atoms with Crippen molar-refractivity contribution in [3.8, 4) is 5.75 Å². The zero-order chi connectivity index (χ0) is 21.3. The van der Waals surface area contributed by atoms with E-state index in [1.165, 1.54) is 12.7 Å². The van der Waals surface area contributed by atoms with Crippen LogP contribution in [0.4, 0.5) is 0 Å². The number of rotatable bonds is 6. The Balaban J connectivity index is 1.64. The molecule has 2 saturated heterocycles. The number of carbonyl (C=O) groups is 1. The lowest BCUT2D eigenvalue weighted by molar-refractivity contribution is 0.0184. The fourth-order valence-electron chi connectivity index (χ4n) is 4.89. The zero-order valence-electron chi connectivity index (χ0n) is 17.3. The maximum absolute atomic E-state index is 13.4. The van der Waals surface area contributed by atoms with Crippen molar-refractivity contribution in [2.45, 2.75) is 55.2 Å². The van der Waals surface area contributed by atoms with E-state index in [0.29, 0.717) is 27.3 Å². The van der Waals surface area contributed by atoms with Crippen molar-refractivity contribution >= 4 is 28.3 Å². The van der Waals surface area contributed by atoms with Crippen molar-refractivity contribution < 1.29 is 13.7 Å². The molecule has 2 heterocycles. The number of benzene rings is 2. The number of piperidine rings is 1. The van der Waals surface area contributed by atoms with Crippen molar-refractivity contribution in [3.63, 3.8) is 0 Å². The number of hydrogen-bond acceptors (Lipinski definition) is 4. The van der Waals surface area contributed by atoms with Crippen LogP contribution in [0.25, 0.3) is 0 Å². The summed E-state index contributed by atoms with van der Waals surface area (Å²) in [4.78, 5) is 16.3. The van der Waals surface area contributed by atoms with Crippen LogP contribution in [0.3, 0.4) is 0 Å². The minimum Gasteiger partial charge on any atom is -0.496 e. The summed E-state index contributed by atoms with van der Waals surface area (Å²) >= 11 is 6.23. The standard InChI is InChI=1S/C23H27ClN2O3S/c1-29-20-14-19(24)21(30(2)28)13-18(20)22(27)25-23-11-6-9-17(10-12-23)26(23)15-16-7-4-3-5-8-16/h3-5,7-8,13-14,17H,6,9-12,15H2,1-2H3,(H,25,27). The normalized spacial score (nSPS) is 24.4. The Morgan fingerprint density at radius 1 is 1.27 bits per heavy atom. The molecule has 1 amide bonds. The average molecular weight is 447 g/mol. The van der Waals surface area contributed by atoms with E-state index >= 15 is 0 Å². The number of halogens is 1. The lowest BCUT2D eigenvalue weighted by Gasteiger charge is -2.45. The topological polar surface area (TPSA) is 58.6 Å². The van der Waals surface area contributed by atoms with Gasteiger partial charge in [-0.15, -0.1) is 0 Å². The molecular formula is C23H27ClN2O3S. The van der Waals surface area contributed by atoms with Crippen molar-refractivity contribution in [2.24, 2.45) is 0 Å². The molecular weight excluding hydrogens is 420 g/mol. The number of hydrogen-bond donors (Lipinski definition) is 1. The number of fused-ring (bicyclic) bond motifs is 2. The molecule has 1 N–H and O–H groups in total. The van der Waals surface area contributed by atoms with E-state index in [2.05, 4.69) is 34.5 Å². The third-order valence-corrected chi connectivity index (χ3v) is 7.74. The molecule has 160 valence electrons. The highest BCUT2D eigenvalue weighted by Gasteiger charge is 2.49. The van der Waals surface area contributed by atoms with E-state index in [0.717, 1.165) is 38.6 Å². The van der Waals surface area contributed by atoms with Crippen LogP contribution in [-0.4, -0.2) is 40.1 Å². The number of nitrogens with one attached hydrogen (secondary N) is 1. The Kier molecular flexibility index (Phi) is 6.19. The minimum absolute atomic E-state index is 0.212. The first kappa shape index (κ1) is 21.3. The molecule has 2 bridgehead atoms. The Labute approximate surface area is 185 Å². The summed E-state index contributed by atoms with van der Waals surface area (Å²) in [6.45, 7) is 0.813. The first-order valence-corrected chi connectivity index (χ1v) is 12.2. The summed E-state index contributed by atoms with van der Waals surface area (Å²) in [5.74, 6) is 0.180. The molecule has 2 aromatic rings. The first-order valence-electron chi connectivity index (χ1n) is 10.3. The smallest absolute Gasteiger partial charge is 0.256 e. The number of amides is 1. The molecule has 0 spiro atoms. The number of methoxy groups -OCH3 is 1. The van der Waals surface area contributed by atoms with E-state index in [-0.39, 0.29) is 11.6 Å². The second-order valence-electron chi connectivity index (χ2n) is 8.12. The Hall–Kier alpha value is -1.89. The molecule has 0 aliphatic carbocycles. The van der Waals surface area contributed by atoms with Crippen molar-refractivity contribution in [1.29, 1.82) is 0 Å². The number of nitrogens with zero attached hydrogens (tertiary/aromatic N) is 1. The summed E-state index contributed by atoms with van der Waals surface area (Å²) in [6.07, 6.45) is 6.74. The molecule has 2 fully saturated rings. The van der Waals surface area contributed by atoms with Crippen LogP contribution >= 0.6 is 11.6 Å². The van der Waals surface area contributed by atoms with Gasteiger partial charge >= 0.3 is 0 Å². The summed E-state index contributed by atoms with van der Waals surface area (Å²) in [5, 5.41) is 3.68. The van der Waals surface area contributed by atoms with Crippen molar-refractivity contribution in [1.82, 2.24) is 10.2 Å². The lowest BCUT2D eigenvalue weighted by atomic mass is 9.95. The highest BCUT2D eigenvalue weighted by molar-refractivity contribution is 7.84. The Bertz CT molecular complexity index is 964. The Morgan fingerprint density at radius 2 is 2.03 bits per heavy atom. The van der Waals surface area contributed by atoms with E-state index in [1.54, 1.807) is 18.4 Å². The van der Waals surface area contributed by atoms with Gasteiger partial charge in [0.05, 0.1) is 39.1 Å². The van der Waals surface area contributed by atoms with Crippen molar-refractivity contribution in [2.75, 3.05) is 13.4 Å². The summed E-state index contributed by atoms with van der Waals surface area (Å²) in [6, 6.07) is 14.0. The van der Waals surface area contributed by atoms with Crippen LogP contribution in [0, 0.1) is 0 Å². The predicted octanol–water partition coefficient (Wildman–Crippen LogP) is 4.36. The Morgan fingerprint density at radius 3 is 2.73 bits per heavy atom. The van der Waals surface area contributed by atoms with Crippen LogP contribution < -0.4 is 10.1 Å². The highest BCUT2D eigenvalue weighted by Crippen LogP contribution is 2.44. The summed E-state index contributed by atoms with van der Waals surface area (Å²) in [7, 11) is 0.211.